The van der Waals surface area contributed by atoms with Crippen molar-refractivity contribution in [2.75, 3.05) is 0 Å². The molecule has 14 heavy (non-hydrogen) atoms. The van der Waals surface area contributed by atoms with Gasteiger partial charge in [-0.3, -0.25) is 4.99 Å². The van der Waals surface area contributed by atoms with Crippen LogP contribution < -0.4 is 0 Å². The number of aliphatic imine (C=N–C) groups is 1. The van der Waals surface area contributed by atoms with E-state index in [0.29, 0.717) is 12.4 Å². The number of rotatable bonds is 3. The molecule has 0 bridgehead atoms. The highest BCUT2D eigenvalue weighted by molar-refractivity contribution is 5.55. The molecule has 0 saturated carbocycles. The minimum atomic E-state index is 0.423. The highest BCUT2D eigenvalue weighted by atomic mass is 16.4. The first-order chi connectivity index (χ1) is 6.90. The highest BCUT2D eigenvalue weighted by Gasteiger charge is 2.03. The molecule has 0 atom stereocenters. The molecule has 0 spiro atoms. The van der Waals surface area contributed by atoms with Gasteiger partial charge < -0.3 is 4.42 Å². The van der Waals surface area contributed by atoms with E-state index in [0.717, 1.165) is 11.3 Å². The Morgan fingerprint density at radius 2 is 2.07 bits per heavy atom. The molecule has 3 heteroatoms. The maximum absolute atomic E-state index is 5.47. The molecule has 0 aliphatic heterocycles. The van der Waals surface area contributed by atoms with Gasteiger partial charge in [-0.05, 0) is 6.72 Å². The Labute approximate surface area is 82.1 Å². The van der Waals surface area contributed by atoms with Gasteiger partial charge in [-0.25, -0.2) is 4.98 Å². The summed E-state index contributed by atoms with van der Waals surface area (Å²) >= 11 is 0. The number of benzene rings is 1. The van der Waals surface area contributed by atoms with Gasteiger partial charge in [0, 0.05) is 5.56 Å². The third kappa shape index (κ3) is 1.71. The summed E-state index contributed by atoms with van der Waals surface area (Å²) in [7, 11) is 0. The van der Waals surface area contributed by atoms with E-state index in [1.54, 1.807) is 6.20 Å². The Hall–Kier alpha value is -1.90. The molecule has 0 N–H and O–H groups in total. The lowest BCUT2D eigenvalue weighted by molar-refractivity contribution is 0.511. The lowest BCUT2D eigenvalue weighted by Gasteiger charge is -1.93. The van der Waals surface area contributed by atoms with E-state index in [1.807, 2.05) is 30.3 Å². The molecular weight excluding hydrogens is 176 g/mol. The molecule has 0 unspecified atom stereocenters. The SMILES string of the molecule is C=NCc1ncc(-c2ccccc2)o1. The zero-order valence-corrected chi connectivity index (χ0v) is 7.68. The second-order valence-electron chi connectivity index (χ2n) is 2.87. The van der Waals surface area contributed by atoms with Crippen LogP contribution in [0.4, 0.5) is 0 Å². The van der Waals surface area contributed by atoms with Crippen LogP contribution in [0.2, 0.25) is 0 Å². The van der Waals surface area contributed by atoms with Crippen molar-refractivity contribution in [3.63, 3.8) is 0 Å². The number of hydrogen-bond donors (Lipinski definition) is 0. The van der Waals surface area contributed by atoms with Crippen molar-refractivity contribution in [3.05, 3.63) is 42.4 Å². The van der Waals surface area contributed by atoms with Crippen LogP contribution in [-0.4, -0.2) is 11.7 Å². The average molecular weight is 186 g/mol. The minimum Gasteiger partial charge on any atom is -0.439 e. The van der Waals surface area contributed by atoms with Crippen molar-refractivity contribution >= 4 is 6.72 Å². The smallest absolute Gasteiger partial charge is 0.216 e. The topological polar surface area (TPSA) is 38.4 Å². The van der Waals surface area contributed by atoms with Gasteiger partial charge in [0.2, 0.25) is 5.89 Å². The van der Waals surface area contributed by atoms with Gasteiger partial charge in [-0.1, -0.05) is 30.3 Å². The maximum atomic E-state index is 5.47. The normalized spacial score (nSPS) is 10.0. The predicted molar refractivity (Wildman–Crippen MR) is 55.2 cm³/mol. The molecule has 0 fully saturated rings. The van der Waals surface area contributed by atoms with Gasteiger partial charge in [-0.15, -0.1) is 0 Å². The lowest BCUT2D eigenvalue weighted by atomic mass is 10.2. The van der Waals surface area contributed by atoms with Crippen molar-refractivity contribution in [2.45, 2.75) is 6.54 Å². The summed E-state index contributed by atoms with van der Waals surface area (Å²) in [6, 6.07) is 9.84. The summed E-state index contributed by atoms with van der Waals surface area (Å²) in [5.41, 5.74) is 1.02. The van der Waals surface area contributed by atoms with E-state index in [4.69, 9.17) is 4.42 Å². The minimum absolute atomic E-state index is 0.423. The quantitative estimate of drug-likeness (QED) is 0.691. The van der Waals surface area contributed by atoms with Crippen LogP contribution in [0.25, 0.3) is 11.3 Å². The maximum Gasteiger partial charge on any atom is 0.216 e. The van der Waals surface area contributed by atoms with Crippen molar-refractivity contribution in [1.29, 1.82) is 0 Å². The largest absolute Gasteiger partial charge is 0.439 e. The van der Waals surface area contributed by atoms with Crippen LogP contribution in [0.3, 0.4) is 0 Å². The fourth-order valence-corrected chi connectivity index (χ4v) is 1.21. The van der Waals surface area contributed by atoms with Crippen LogP contribution in [0.1, 0.15) is 5.89 Å². The van der Waals surface area contributed by atoms with Crippen LogP contribution >= 0.6 is 0 Å². The molecule has 1 aromatic heterocycles. The second-order valence-corrected chi connectivity index (χ2v) is 2.87. The summed E-state index contributed by atoms with van der Waals surface area (Å²) in [6.45, 7) is 3.81. The molecule has 2 aromatic rings. The van der Waals surface area contributed by atoms with Crippen LogP contribution in [0.5, 0.6) is 0 Å². The number of nitrogens with zero attached hydrogens (tertiary/aromatic N) is 2. The number of oxazole rings is 1. The molecule has 3 nitrogen and oxygen atoms in total. The Balaban J connectivity index is 2.29. The first-order valence-corrected chi connectivity index (χ1v) is 4.33. The molecule has 70 valence electrons. The fourth-order valence-electron chi connectivity index (χ4n) is 1.21. The molecular formula is C11H10N2O. The van der Waals surface area contributed by atoms with Crippen LogP contribution in [0.15, 0.2) is 45.9 Å². The predicted octanol–water partition coefficient (Wildman–Crippen LogP) is 2.54. The van der Waals surface area contributed by atoms with Crippen molar-refractivity contribution < 1.29 is 4.42 Å². The first-order valence-electron chi connectivity index (χ1n) is 4.33. The van der Waals surface area contributed by atoms with Gasteiger partial charge in [0.1, 0.15) is 6.54 Å². The summed E-state index contributed by atoms with van der Waals surface area (Å²) in [6.07, 6.45) is 1.70. The van der Waals surface area contributed by atoms with Gasteiger partial charge in [-0.2, -0.15) is 0 Å². The van der Waals surface area contributed by atoms with E-state index >= 15 is 0 Å². The summed E-state index contributed by atoms with van der Waals surface area (Å²) in [4.78, 5) is 7.79. The molecule has 1 heterocycles. The summed E-state index contributed by atoms with van der Waals surface area (Å²) in [5.74, 6) is 1.36. The van der Waals surface area contributed by atoms with Crippen LogP contribution in [0, 0.1) is 0 Å². The standard InChI is InChI=1S/C11H10N2O/c1-12-8-11-13-7-10(14-11)9-5-3-2-4-6-9/h2-7H,1,8H2. The Morgan fingerprint density at radius 1 is 1.29 bits per heavy atom. The fraction of sp³-hybridized carbons (Fsp3) is 0.0909. The highest BCUT2D eigenvalue weighted by Crippen LogP contribution is 2.19. The third-order valence-electron chi connectivity index (χ3n) is 1.86. The van der Waals surface area contributed by atoms with E-state index in [-0.39, 0.29) is 0 Å². The Morgan fingerprint density at radius 3 is 2.79 bits per heavy atom. The number of aromatic nitrogens is 1. The average Bonchev–Trinajstić information content (AvgIpc) is 2.68. The molecule has 0 aliphatic rings. The van der Waals surface area contributed by atoms with Crippen LogP contribution in [-0.2, 0) is 6.54 Å². The molecule has 1 aromatic carbocycles. The van der Waals surface area contributed by atoms with Crippen molar-refractivity contribution in [3.8, 4) is 11.3 Å². The van der Waals surface area contributed by atoms with Crippen molar-refractivity contribution in [2.24, 2.45) is 4.99 Å². The molecule has 0 aliphatic carbocycles. The van der Waals surface area contributed by atoms with E-state index < -0.39 is 0 Å². The molecule has 0 radical (unpaired) electrons. The van der Waals surface area contributed by atoms with Gasteiger partial charge in [0.25, 0.3) is 0 Å². The Kier molecular flexibility index (Phi) is 2.40. The zero-order valence-electron chi connectivity index (χ0n) is 7.68. The lowest BCUT2D eigenvalue weighted by Crippen LogP contribution is -1.76. The molecule has 2 rings (SSSR count). The summed E-state index contributed by atoms with van der Waals surface area (Å²) in [5, 5.41) is 0. The monoisotopic (exact) mass is 186 g/mol. The summed E-state index contributed by atoms with van der Waals surface area (Å²) < 4.78 is 5.47. The van der Waals surface area contributed by atoms with Gasteiger partial charge in [0.05, 0.1) is 6.20 Å². The zero-order chi connectivity index (χ0) is 9.80. The van der Waals surface area contributed by atoms with Crippen molar-refractivity contribution in [1.82, 2.24) is 4.98 Å². The van der Waals surface area contributed by atoms with Gasteiger partial charge in [0.15, 0.2) is 5.76 Å². The first kappa shape index (κ1) is 8.69. The second kappa shape index (κ2) is 3.87. The number of hydrogen-bond acceptors (Lipinski definition) is 3. The van der Waals surface area contributed by atoms with E-state index in [9.17, 15) is 0 Å². The van der Waals surface area contributed by atoms with Gasteiger partial charge >= 0.3 is 0 Å². The van der Waals surface area contributed by atoms with E-state index in [1.165, 1.54) is 0 Å². The third-order valence-corrected chi connectivity index (χ3v) is 1.86. The molecule has 0 amide bonds. The van der Waals surface area contributed by atoms with E-state index in [2.05, 4.69) is 16.7 Å². The Bertz CT molecular complexity index is 420. The molecule has 0 saturated heterocycles.